The number of alkyl halides is 3. The Bertz CT molecular complexity index is 1490. The molecule has 208 valence electrons. The monoisotopic (exact) mass is 583 g/mol. The number of sulfonamides is 1. The summed E-state index contributed by atoms with van der Waals surface area (Å²) in [6.45, 7) is 1.23. The molecule has 0 bridgehead atoms. The fraction of sp³-hybridized carbons (Fsp3) is 0.333. The van der Waals surface area contributed by atoms with E-state index in [1.165, 1.54) is 12.1 Å². The van der Waals surface area contributed by atoms with E-state index in [-0.39, 0.29) is 35.8 Å². The van der Waals surface area contributed by atoms with E-state index in [2.05, 4.69) is 5.43 Å². The Kier molecular flexibility index (Phi) is 7.30. The van der Waals surface area contributed by atoms with Crippen LogP contribution in [0.4, 0.5) is 23.2 Å². The minimum atomic E-state index is -4.74. The quantitative estimate of drug-likeness (QED) is 0.414. The van der Waals surface area contributed by atoms with Gasteiger partial charge in [-0.3, -0.25) is 5.01 Å². The number of hydrogen-bond donors (Lipinski definition) is 2. The molecular weight excluding hydrogens is 558 g/mol. The first-order chi connectivity index (χ1) is 18.4. The molecule has 12 heteroatoms. The van der Waals surface area contributed by atoms with Crippen LogP contribution in [0.2, 0.25) is 5.02 Å². The van der Waals surface area contributed by atoms with Gasteiger partial charge in [0.1, 0.15) is 10.7 Å². The highest BCUT2D eigenvalue weighted by atomic mass is 35.5. The van der Waals surface area contributed by atoms with Crippen LogP contribution < -0.4 is 10.4 Å². The van der Waals surface area contributed by atoms with Gasteiger partial charge in [0.25, 0.3) is 0 Å². The Morgan fingerprint density at radius 1 is 1.18 bits per heavy atom. The van der Waals surface area contributed by atoms with Crippen LogP contribution >= 0.6 is 11.6 Å². The maximum absolute atomic E-state index is 13.5. The third kappa shape index (κ3) is 5.08. The van der Waals surface area contributed by atoms with Crippen molar-refractivity contribution >= 4 is 27.3 Å². The van der Waals surface area contributed by atoms with Crippen molar-refractivity contribution < 1.29 is 31.1 Å². The largest absolute Gasteiger partial charge is 0.416 e. The van der Waals surface area contributed by atoms with Crippen molar-refractivity contribution in [3.63, 3.8) is 0 Å². The summed E-state index contributed by atoms with van der Waals surface area (Å²) in [5, 5.41) is 11.2. The number of nitrogens with one attached hydrogen (secondary N) is 1. The Hall–Kier alpha value is -2.86. The molecule has 1 aliphatic heterocycles. The van der Waals surface area contributed by atoms with Gasteiger partial charge in [-0.25, -0.2) is 12.8 Å². The zero-order valence-electron chi connectivity index (χ0n) is 20.8. The van der Waals surface area contributed by atoms with Crippen LogP contribution in [-0.2, 0) is 16.2 Å². The zero-order chi connectivity index (χ0) is 28.1. The third-order valence-corrected chi connectivity index (χ3v) is 9.78. The first kappa shape index (κ1) is 27.7. The van der Waals surface area contributed by atoms with E-state index >= 15 is 0 Å². The summed E-state index contributed by atoms with van der Waals surface area (Å²) in [7, 11) is -4.45. The number of aliphatic hydroxyl groups is 1. The topological polar surface area (TPSA) is 72.9 Å². The number of halogens is 5. The summed E-state index contributed by atoms with van der Waals surface area (Å²) < 4.78 is 81.5. The molecule has 2 atom stereocenters. The van der Waals surface area contributed by atoms with Crippen molar-refractivity contribution in [2.24, 2.45) is 11.8 Å². The Morgan fingerprint density at radius 2 is 1.90 bits per heavy atom. The van der Waals surface area contributed by atoms with Crippen LogP contribution in [0, 0.1) is 17.7 Å². The summed E-state index contributed by atoms with van der Waals surface area (Å²) in [5.74, 6) is -0.615. The molecule has 5 rings (SSSR count). The predicted octanol–water partition coefficient (Wildman–Crippen LogP) is 5.63. The van der Waals surface area contributed by atoms with Crippen LogP contribution in [0.1, 0.15) is 25.3 Å². The lowest BCUT2D eigenvalue weighted by Crippen LogP contribution is -2.38. The highest BCUT2D eigenvalue weighted by Gasteiger charge is 2.41. The van der Waals surface area contributed by atoms with Gasteiger partial charge >= 0.3 is 6.18 Å². The maximum Gasteiger partial charge on any atom is 0.416 e. The second-order valence-corrected chi connectivity index (χ2v) is 12.1. The normalized spacial score (nSPS) is 21.1. The lowest BCUT2D eigenvalue weighted by molar-refractivity contribution is -0.137. The molecule has 3 aliphatic rings. The molecule has 0 radical (unpaired) electrons. The van der Waals surface area contributed by atoms with Crippen molar-refractivity contribution in [1.82, 2.24) is 9.73 Å². The number of aliphatic hydroxyl groups excluding tert-OH is 1. The van der Waals surface area contributed by atoms with E-state index in [9.17, 15) is 31.1 Å². The summed E-state index contributed by atoms with van der Waals surface area (Å²) in [5.41, 5.74) is 6.88. The Labute approximate surface area is 228 Å². The minimum Gasteiger partial charge on any atom is -0.395 e. The lowest BCUT2D eigenvalue weighted by atomic mass is 9.80. The molecule has 0 aromatic heterocycles. The van der Waals surface area contributed by atoms with Gasteiger partial charge in [-0.1, -0.05) is 24.1 Å². The van der Waals surface area contributed by atoms with Crippen LogP contribution in [0.25, 0.3) is 0 Å². The van der Waals surface area contributed by atoms with E-state index in [4.69, 9.17) is 11.6 Å². The first-order valence-electron chi connectivity index (χ1n) is 12.4. The van der Waals surface area contributed by atoms with Gasteiger partial charge in [-0.05, 0) is 72.9 Å². The second kappa shape index (κ2) is 10.3. The molecule has 0 saturated carbocycles. The number of benzene rings is 2. The van der Waals surface area contributed by atoms with Crippen molar-refractivity contribution in [2.75, 3.05) is 24.7 Å². The number of rotatable bonds is 7. The molecule has 0 amide bonds. The Morgan fingerprint density at radius 3 is 2.56 bits per heavy atom. The fourth-order valence-corrected chi connectivity index (χ4v) is 7.57. The molecule has 39 heavy (non-hydrogen) atoms. The van der Waals surface area contributed by atoms with Gasteiger partial charge in [0.15, 0.2) is 0 Å². The van der Waals surface area contributed by atoms with Gasteiger partial charge in [0.05, 0.1) is 28.6 Å². The molecule has 6 nitrogen and oxygen atoms in total. The number of fused-ring (bicyclic) bond motifs is 1. The molecule has 2 aromatic rings. The molecule has 0 spiro atoms. The van der Waals surface area contributed by atoms with Crippen LogP contribution in [0.15, 0.2) is 82.1 Å². The molecule has 2 aliphatic carbocycles. The zero-order valence-corrected chi connectivity index (χ0v) is 22.4. The SMILES string of the molecule is C[C@H]1C2=CNN(c3ccc(F)cc3)C2=CC2=C1[C@@H](CN(CCO)S(=O)(=O)c1cc(C(F)(F)F)ccc1Cl)CC2. The first-order valence-corrected chi connectivity index (χ1v) is 14.2. The van der Waals surface area contributed by atoms with E-state index in [0.29, 0.717) is 18.9 Å². The van der Waals surface area contributed by atoms with Gasteiger partial charge in [-0.2, -0.15) is 17.5 Å². The van der Waals surface area contributed by atoms with Crippen LogP contribution in [0.3, 0.4) is 0 Å². The smallest absolute Gasteiger partial charge is 0.395 e. The van der Waals surface area contributed by atoms with Crippen molar-refractivity contribution in [3.8, 4) is 0 Å². The summed E-state index contributed by atoms with van der Waals surface area (Å²) in [6, 6.07) is 8.30. The van der Waals surface area contributed by atoms with Crippen LogP contribution in [-0.4, -0.2) is 37.5 Å². The standard InChI is InChI=1S/C27H26ClF4N3O3S/c1-16-22-14-33-35(21-7-5-20(29)6-8-21)24(22)12-17-2-3-18(26(16)17)15-34(10-11-36)39(37,38)25-13-19(27(30,31)32)4-9-23(25)28/h4-9,12-14,16,18,33,36H,2-3,10-11,15H2,1H3/t16-,18+/m0/s1. The summed E-state index contributed by atoms with van der Waals surface area (Å²) in [6.07, 6.45) is 0.497. The van der Waals surface area contributed by atoms with Gasteiger partial charge in [0, 0.05) is 30.8 Å². The molecule has 0 unspecified atom stereocenters. The Balaban J connectivity index is 1.45. The number of allylic oxidation sites excluding steroid dienone is 3. The van der Waals surface area contributed by atoms with Crippen molar-refractivity contribution in [2.45, 2.75) is 30.8 Å². The van der Waals surface area contributed by atoms with E-state index in [0.717, 1.165) is 44.5 Å². The number of hydrazine groups is 1. The summed E-state index contributed by atoms with van der Waals surface area (Å²) in [4.78, 5) is -0.642. The van der Waals surface area contributed by atoms with Crippen molar-refractivity contribution in [1.29, 1.82) is 0 Å². The van der Waals surface area contributed by atoms with Crippen molar-refractivity contribution in [3.05, 3.63) is 93.6 Å². The van der Waals surface area contributed by atoms with E-state index in [1.807, 2.05) is 24.2 Å². The molecule has 1 heterocycles. The van der Waals surface area contributed by atoms with E-state index < -0.39 is 33.3 Å². The molecule has 2 aromatic carbocycles. The predicted molar refractivity (Wildman–Crippen MR) is 139 cm³/mol. The van der Waals surface area contributed by atoms with Crippen LogP contribution in [0.5, 0.6) is 0 Å². The molecule has 2 N–H and O–H groups in total. The molecule has 0 saturated heterocycles. The van der Waals surface area contributed by atoms with E-state index in [1.54, 1.807) is 12.1 Å². The minimum absolute atomic E-state index is 0.00972. The number of nitrogens with zero attached hydrogens (tertiary/aromatic N) is 2. The third-order valence-electron chi connectivity index (χ3n) is 7.44. The fourth-order valence-electron chi connectivity index (χ4n) is 5.59. The molecular formula is C27H26ClF4N3O3S. The van der Waals surface area contributed by atoms with Gasteiger partial charge < -0.3 is 10.5 Å². The van der Waals surface area contributed by atoms with Gasteiger partial charge in [-0.15, -0.1) is 0 Å². The highest BCUT2D eigenvalue weighted by Crippen LogP contribution is 2.48. The number of hydrogen-bond acceptors (Lipinski definition) is 5. The average molecular weight is 584 g/mol. The second-order valence-electron chi connectivity index (χ2n) is 9.74. The van der Waals surface area contributed by atoms with Gasteiger partial charge in [0.2, 0.25) is 10.0 Å². The molecule has 0 fully saturated rings. The average Bonchev–Trinajstić information content (AvgIpc) is 3.49. The maximum atomic E-state index is 13.5. The number of anilines is 1. The lowest BCUT2D eigenvalue weighted by Gasteiger charge is -2.32. The highest BCUT2D eigenvalue weighted by molar-refractivity contribution is 7.89. The summed E-state index contributed by atoms with van der Waals surface area (Å²) >= 11 is 6.07.